The van der Waals surface area contributed by atoms with Gasteiger partial charge in [0.2, 0.25) is 5.88 Å². The Hall–Kier alpha value is -1.49. The second-order valence-electron chi connectivity index (χ2n) is 5.14. The zero-order chi connectivity index (χ0) is 13.4. The molecule has 1 atom stereocenters. The first-order valence-corrected chi connectivity index (χ1v) is 6.32. The lowest BCUT2D eigenvalue weighted by atomic mass is 9.91. The molecule has 1 aliphatic carbocycles. The Balaban J connectivity index is 2.31. The molecule has 0 aliphatic heterocycles. The highest BCUT2D eigenvalue weighted by molar-refractivity contribution is 6.04. The van der Waals surface area contributed by atoms with Gasteiger partial charge in [-0.1, -0.05) is 12.8 Å². The van der Waals surface area contributed by atoms with Crippen LogP contribution in [-0.2, 0) is 7.05 Å². The summed E-state index contributed by atoms with van der Waals surface area (Å²) in [6, 6.07) is -0.584. The number of hydrogen-bond acceptors (Lipinski definition) is 4. The first-order chi connectivity index (χ1) is 8.45. The molecule has 5 nitrogen and oxygen atoms in total. The maximum Gasteiger partial charge on any atom is 0.205 e. The van der Waals surface area contributed by atoms with Gasteiger partial charge in [-0.25, -0.2) is 0 Å². The molecule has 1 aromatic heterocycles. The molecule has 1 unspecified atom stereocenters. The summed E-state index contributed by atoms with van der Waals surface area (Å²) in [7, 11) is 1.51. The summed E-state index contributed by atoms with van der Waals surface area (Å²) in [5, 5.41) is 19.6. The number of carbonyl (C=O) groups is 1. The Bertz CT molecular complexity index is 448. The number of nitrogens with zero attached hydrogens (tertiary/aromatic N) is 1. The number of ketones is 1. The van der Waals surface area contributed by atoms with E-state index >= 15 is 0 Å². The number of carbonyl (C=O) groups excluding carboxylic acids is 1. The highest BCUT2D eigenvalue weighted by atomic mass is 16.3. The molecule has 4 N–H and O–H groups in total. The van der Waals surface area contributed by atoms with Crippen molar-refractivity contribution in [3.05, 3.63) is 11.1 Å². The van der Waals surface area contributed by atoms with E-state index in [1.54, 1.807) is 6.92 Å². The molecule has 5 heteroatoms. The number of hydrogen-bond donors (Lipinski definition) is 3. The first-order valence-electron chi connectivity index (χ1n) is 6.32. The largest absolute Gasteiger partial charge is 0.494 e. The third-order valence-electron chi connectivity index (χ3n) is 4.03. The minimum absolute atomic E-state index is 0.0885. The van der Waals surface area contributed by atoms with Crippen molar-refractivity contribution in [1.29, 1.82) is 0 Å². The highest BCUT2D eigenvalue weighted by Crippen LogP contribution is 2.35. The number of aromatic hydroxyl groups is 2. The van der Waals surface area contributed by atoms with E-state index in [0.717, 1.165) is 25.7 Å². The Morgan fingerprint density at radius 3 is 2.33 bits per heavy atom. The van der Waals surface area contributed by atoms with Crippen molar-refractivity contribution in [3.63, 3.8) is 0 Å². The molecule has 0 spiro atoms. The van der Waals surface area contributed by atoms with Gasteiger partial charge in [-0.05, 0) is 25.7 Å². The summed E-state index contributed by atoms with van der Waals surface area (Å²) in [5.74, 6) is -0.371. The second kappa shape index (κ2) is 4.65. The molecule has 0 saturated heterocycles. The minimum Gasteiger partial charge on any atom is -0.494 e. The predicted octanol–water partition coefficient (Wildman–Crippen LogP) is 1.44. The van der Waals surface area contributed by atoms with Crippen LogP contribution in [0.15, 0.2) is 0 Å². The van der Waals surface area contributed by atoms with Gasteiger partial charge in [0.05, 0.1) is 11.6 Å². The third-order valence-corrected chi connectivity index (χ3v) is 4.03. The van der Waals surface area contributed by atoms with Crippen LogP contribution in [-0.4, -0.2) is 26.6 Å². The quantitative estimate of drug-likeness (QED) is 0.710. The Labute approximate surface area is 106 Å². The molecule has 1 aliphatic rings. The van der Waals surface area contributed by atoms with Gasteiger partial charge >= 0.3 is 0 Å². The first kappa shape index (κ1) is 13.0. The van der Waals surface area contributed by atoms with Gasteiger partial charge in [0.15, 0.2) is 11.7 Å². The number of Topliss-reactive ketones (excluding diaryl/α,β-unsaturated/α-hetero) is 1. The monoisotopic (exact) mass is 252 g/mol. The van der Waals surface area contributed by atoms with Gasteiger partial charge in [0.1, 0.15) is 0 Å². The fraction of sp³-hybridized carbons (Fsp3) is 0.615. The lowest BCUT2D eigenvalue weighted by Crippen LogP contribution is -2.37. The van der Waals surface area contributed by atoms with Crippen molar-refractivity contribution < 1.29 is 15.0 Å². The van der Waals surface area contributed by atoms with Crippen LogP contribution in [0.5, 0.6) is 11.8 Å². The van der Waals surface area contributed by atoms with Gasteiger partial charge in [-0.15, -0.1) is 0 Å². The summed E-state index contributed by atoms with van der Waals surface area (Å²) in [5.41, 5.74) is 6.56. The van der Waals surface area contributed by atoms with Crippen LogP contribution >= 0.6 is 0 Å². The molecule has 1 aromatic rings. The predicted molar refractivity (Wildman–Crippen MR) is 67.7 cm³/mol. The van der Waals surface area contributed by atoms with Crippen molar-refractivity contribution in [3.8, 4) is 11.8 Å². The highest BCUT2D eigenvalue weighted by Gasteiger charge is 2.32. The Morgan fingerprint density at radius 2 is 1.89 bits per heavy atom. The van der Waals surface area contributed by atoms with Crippen molar-refractivity contribution >= 4 is 5.78 Å². The van der Waals surface area contributed by atoms with Gasteiger partial charge in [-0.2, -0.15) is 0 Å². The molecular weight excluding hydrogens is 232 g/mol. The standard InChI is InChI=1S/C13H20N2O3/c1-7-9(13(18)15(2)12(7)17)11(16)10(14)8-5-3-4-6-8/h8,10,17-18H,3-6,14H2,1-2H3. The maximum atomic E-state index is 12.3. The molecule has 1 heterocycles. The van der Waals surface area contributed by atoms with Crippen LogP contribution in [0.4, 0.5) is 0 Å². The van der Waals surface area contributed by atoms with Gasteiger partial charge < -0.3 is 15.9 Å². The van der Waals surface area contributed by atoms with E-state index in [1.165, 1.54) is 11.6 Å². The van der Waals surface area contributed by atoms with Crippen LogP contribution in [0.1, 0.15) is 41.6 Å². The fourth-order valence-corrected chi connectivity index (χ4v) is 2.79. The second-order valence-corrected chi connectivity index (χ2v) is 5.14. The zero-order valence-electron chi connectivity index (χ0n) is 10.8. The van der Waals surface area contributed by atoms with E-state index in [0.29, 0.717) is 5.56 Å². The van der Waals surface area contributed by atoms with Gasteiger partial charge in [0.25, 0.3) is 0 Å². The maximum absolute atomic E-state index is 12.3. The summed E-state index contributed by atoms with van der Waals surface area (Å²) in [6.45, 7) is 1.61. The summed E-state index contributed by atoms with van der Waals surface area (Å²) < 4.78 is 1.20. The SMILES string of the molecule is Cc1c(C(=O)C(N)C2CCCC2)c(O)n(C)c1O. The Kier molecular flexibility index (Phi) is 3.34. The number of nitrogens with two attached hydrogens (primary N) is 1. The van der Waals surface area contributed by atoms with Crippen LogP contribution in [0, 0.1) is 12.8 Å². The summed E-state index contributed by atoms with van der Waals surface area (Å²) in [4.78, 5) is 12.3. The molecule has 0 amide bonds. The summed E-state index contributed by atoms with van der Waals surface area (Å²) >= 11 is 0. The van der Waals surface area contributed by atoms with Crippen molar-refractivity contribution in [1.82, 2.24) is 4.57 Å². The molecule has 0 aromatic carbocycles. The lowest BCUT2D eigenvalue weighted by Gasteiger charge is -2.17. The van der Waals surface area contributed by atoms with E-state index in [2.05, 4.69) is 0 Å². The summed E-state index contributed by atoms with van der Waals surface area (Å²) in [6.07, 6.45) is 4.14. The molecular formula is C13H20N2O3. The molecule has 1 fully saturated rings. The molecule has 18 heavy (non-hydrogen) atoms. The van der Waals surface area contributed by atoms with Crippen molar-refractivity contribution in [2.24, 2.45) is 18.7 Å². The fourth-order valence-electron chi connectivity index (χ4n) is 2.79. The minimum atomic E-state index is -0.584. The molecule has 0 bridgehead atoms. The number of aromatic nitrogens is 1. The van der Waals surface area contributed by atoms with E-state index in [4.69, 9.17) is 5.73 Å². The molecule has 2 rings (SSSR count). The lowest BCUT2D eigenvalue weighted by molar-refractivity contribution is 0.0929. The topological polar surface area (TPSA) is 88.5 Å². The molecule has 100 valence electrons. The van der Waals surface area contributed by atoms with E-state index in [-0.39, 0.29) is 29.0 Å². The van der Waals surface area contributed by atoms with E-state index in [1.807, 2.05) is 0 Å². The van der Waals surface area contributed by atoms with Gasteiger partial charge in [0, 0.05) is 12.6 Å². The van der Waals surface area contributed by atoms with E-state index < -0.39 is 6.04 Å². The third kappa shape index (κ3) is 1.88. The Morgan fingerprint density at radius 1 is 1.33 bits per heavy atom. The van der Waals surface area contributed by atoms with Crippen molar-refractivity contribution in [2.45, 2.75) is 38.6 Å². The van der Waals surface area contributed by atoms with Crippen LogP contribution in [0.25, 0.3) is 0 Å². The van der Waals surface area contributed by atoms with Gasteiger partial charge in [-0.3, -0.25) is 9.36 Å². The van der Waals surface area contributed by atoms with E-state index in [9.17, 15) is 15.0 Å². The normalized spacial score (nSPS) is 18.2. The van der Waals surface area contributed by atoms with Crippen LogP contribution < -0.4 is 5.73 Å². The van der Waals surface area contributed by atoms with Crippen LogP contribution in [0.2, 0.25) is 0 Å². The smallest absolute Gasteiger partial charge is 0.205 e. The van der Waals surface area contributed by atoms with Crippen molar-refractivity contribution in [2.75, 3.05) is 0 Å². The number of rotatable bonds is 3. The van der Waals surface area contributed by atoms with Crippen LogP contribution in [0.3, 0.4) is 0 Å². The zero-order valence-corrected chi connectivity index (χ0v) is 10.8. The molecule has 1 saturated carbocycles. The molecule has 0 radical (unpaired) electrons. The average Bonchev–Trinajstić information content (AvgIpc) is 2.94. The average molecular weight is 252 g/mol.